The van der Waals surface area contributed by atoms with Crippen molar-refractivity contribution >= 4 is 23.8 Å². The summed E-state index contributed by atoms with van der Waals surface area (Å²) in [4.78, 5) is 27.6. The lowest BCUT2D eigenvalue weighted by atomic mass is 9.92. The summed E-state index contributed by atoms with van der Waals surface area (Å²) < 4.78 is 0. The van der Waals surface area contributed by atoms with Gasteiger partial charge in [0.2, 0.25) is 0 Å². The highest BCUT2D eigenvalue weighted by molar-refractivity contribution is 8.00. The lowest BCUT2D eigenvalue weighted by molar-refractivity contribution is -0.141. The third-order valence-electron chi connectivity index (χ3n) is 4.09. The van der Waals surface area contributed by atoms with Gasteiger partial charge in [0.1, 0.15) is 6.04 Å². The van der Waals surface area contributed by atoms with Crippen LogP contribution in [0.2, 0.25) is 0 Å². The van der Waals surface area contributed by atoms with Gasteiger partial charge in [-0.15, -0.1) is 11.8 Å². The molecule has 114 valence electrons. The molecule has 4 unspecified atom stereocenters. The number of urea groups is 1. The smallest absolute Gasteiger partial charge is 0.327 e. The Balaban J connectivity index is 2.14. The van der Waals surface area contributed by atoms with Gasteiger partial charge in [-0.05, 0) is 24.7 Å². The summed E-state index contributed by atoms with van der Waals surface area (Å²) in [5.74, 6) is 0.584. The topological polar surface area (TPSA) is 60.9 Å². The molecule has 0 bridgehead atoms. The van der Waals surface area contributed by atoms with Crippen molar-refractivity contribution in [2.45, 2.75) is 45.0 Å². The molecule has 0 aromatic carbocycles. The second kappa shape index (κ2) is 6.24. The summed E-state index contributed by atoms with van der Waals surface area (Å²) >= 11 is 1.58. The summed E-state index contributed by atoms with van der Waals surface area (Å²) in [6, 6.07) is -0.766. The van der Waals surface area contributed by atoms with Crippen LogP contribution < -0.4 is 0 Å². The van der Waals surface area contributed by atoms with Crippen molar-refractivity contribution in [1.29, 1.82) is 0 Å². The molecule has 5 nitrogen and oxygen atoms in total. The summed E-state index contributed by atoms with van der Waals surface area (Å²) in [5, 5.41) is 9.32. The number of nitrogens with zero attached hydrogens (tertiary/aromatic N) is 2. The first kappa shape index (κ1) is 15.5. The fourth-order valence-corrected chi connectivity index (χ4v) is 4.65. The van der Waals surface area contributed by atoms with Gasteiger partial charge in [0.25, 0.3) is 0 Å². The molecule has 2 amide bonds. The van der Waals surface area contributed by atoms with Gasteiger partial charge in [0, 0.05) is 18.8 Å². The molecule has 0 aromatic heterocycles. The predicted molar refractivity (Wildman–Crippen MR) is 79.7 cm³/mol. The first-order valence-electron chi connectivity index (χ1n) is 7.35. The van der Waals surface area contributed by atoms with Crippen molar-refractivity contribution in [1.82, 2.24) is 9.80 Å². The number of carbonyl (C=O) groups excluding carboxylic acids is 1. The van der Waals surface area contributed by atoms with Gasteiger partial charge < -0.3 is 10.0 Å². The van der Waals surface area contributed by atoms with Gasteiger partial charge in [0.15, 0.2) is 0 Å². The van der Waals surface area contributed by atoms with Crippen LogP contribution in [0.5, 0.6) is 0 Å². The molecule has 2 rings (SSSR count). The summed E-state index contributed by atoms with van der Waals surface area (Å²) in [5.41, 5.74) is 0. The zero-order valence-corrected chi connectivity index (χ0v) is 13.2. The van der Waals surface area contributed by atoms with Crippen LogP contribution in [0.25, 0.3) is 0 Å². The minimum absolute atomic E-state index is 0.00358. The summed E-state index contributed by atoms with van der Waals surface area (Å²) in [6.07, 6.45) is 1.93. The van der Waals surface area contributed by atoms with Crippen LogP contribution in [0.3, 0.4) is 0 Å². The number of rotatable bonds is 2. The summed E-state index contributed by atoms with van der Waals surface area (Å²) in [7, 11) is 0. The quantitative estimate of drug-likeness (QED) is 0.850. The van der Waals surface area contributed by atoms with Crippen molar-refractivity contribution in [3.8, 4) is 0 Å². The maximum absolute atomic E-state index is 12.8. The second-order valence-electron chi connectivity index (χ2n) is 6.09. The lowest BCUT2D eigenvalue weighted by Gasteiger charge is -2.39. The summed E-state index contributed by atoms with van der Waals surface area (Å²) in [6.45, 7) is 7.80. The van der Waals surface area contributed by atoms with Crippen LogP contribution in [-0.4, -0.2) is 57.2 Å². The van der Waals surface area contributed by atoms with E-state index >= 15 is 0 Å². The number of carboxylic acids is 1. The second-order valence-corrected chi connectivity index (χ2v) is 7.30. The number of likely N-dealkylation sites (tertiary alicyclic amines) is 1. The van der Waals surface area contributed by atoms with Crippen LogP contribution in [0.15, 0.2) is 0 Å². The number of carboxylic acid groups (broad SMARTS) is 1. The molecule has 2 heterocycles. The molecule has 2 aliphatic heterocycles. The van der Waals surface area contributed by atoms with E-state index in [1.807, 2.05) is 11.8 Å². The minimum atomic E-state index is -0.889. The van der Waals surface area contributed by atoms with Crippen molar-refractivity contribution in [3.05, 3.63) is 0 Å². The Morgan fingerprint density at radius 3 is 2.35 bits per heavy atom. The highest BCUT2D eigenvalue weighted by Crippen LogP contribution is 2.33. The number of hydrogen-bond donors (Lipinski definition) is 1. The monoisotopic (exact) mass is 300 g/mol. The van der Waals surface area contributed by atoms with Crippen molar-refractivity contribution in [3.63, 3.8) is 0 Å². The molecule has 20 heavy (non-hydrogen) atoms. The van der Waals surface area contributed by atoms with E-state index < -0.39 is 12.0 Å². The first-order valence-corrected chi connectivity index (χ1v) is 8.40. The maximum atomic E-state index is 12.8. The molecule has 2 fully saturated rings. The SMILES string of the molecule is CCC1SCC(C(=O)O)N1C(=O)N1CC(C)CC(C)C1. The highest BCUT2D eigenvalue weighted by atomic mass is 32.2. The number of carbonyl (C=O) groups is 2. The van der Waals surface area contributed by atoms with E-state index in [9.17, 15) is 14.7 Å². The van der Waals surface area contributed by atoms with Crippen LogP contribution in [0.1, 0.15) is 33.6 Å². The van der Waals surface area contributed by atoms with Crippen molar-refractivity contribution in [2.24, 2.45) is 11.8 Å². The number of amides is 2. The first-order chi connectivity index (χ1) is 9.43. The Morgan fingerprint density at radius 1 is 1.25 bits per heavy atom. The van der Waals surface area contributed by atoms with Crippen LogP contribution in [-0.2, 0) is 4.79 Å². The number of piperidine rings is 1. The third-order valence-corrected chi connectivity index (χ3v) is 5.54. The van der Waals surface area contributed by atoms with Gasteiger partial charge in [0.05, 0.1) is 5.37 Å². The minimum Gasteiger partial charge on any atom is -0.480 e. The lowest BCUT2D eigenvalue weighted by Crippen LogP contribution is -2.54. The number of aliphatic carboxylic acids is 1. The molecule has 0 spiro atoms. The molecular weight excluding hydrogens is 276 g/mol. The average Bonchev–Trinajstić information content (AvgIpc) is 2.80. The van der Waals surface area contributed by atoms with Gasteiger partial charge in [-0.25, -0.2) is 9.59 Å². The number of hydrogen-bond acceptors (Lipinski definition) is 3. The Kier molecular flexibility index (Phi) is 4.83. The van der Waals surface area contributed by atoms with E-state index in [1.165, 1.54) is 0 Å². The Labute approximate surface area is 124 Å². The van der Waals surface area contributed by atoms with E-state index in [0.29, 0.717) is 17.6 Å². The Morgan fingerprint density at radius 2 is 1.85 bits per heavy atom. The molecule has 0 aliphatic carbocycles. The fourth-order valence-electron chi connectivity index (χ4n) is 3.31. The molecule has 0 saturated carbocycles. The molecule has 4 atom stereocenters. The molecule has 1 N–H and O–H groups in total. The van der Waals surface area contributed by atoms with E-state index in [1.54, 1.807) is 16.7 Å². The number of thioether (sulfide) groups is 1. The zero-order valence-electron chi connectivity index (χ0n) is 12.4. The van der Waals surface area contributed by atoms with Crippen LogP contribution in [0, 0.1) is 11.8 Å². The van der Waals surface area contributed by atoms with Crippen molar-refractivity contribution in [2.75, 3.05) is 18.8 Å². The molecule has 0 radical (unpaired) electrons. The van der Waals surface area contributed by atoms with Gasteiger partial charge in [-0.1, -0.05) is 20.8 Å². The Hall–Kier alpha value is -0.910. The van der Waals surface area contributed by atoms with E-state index in [4.69, 9.17) is 0 Å². The highest BCUT2D eigenvalue weighted by Gasteiger charge is 2.43. The van der Waals surface area contributed by atoms with E-state index in [2.05, 4.69) is 13.8 Å². The van der Waals surface area contributed by atoms with Gasteiger partial charge in [-0.3, -0.25) is 4.90 Å². The maximum Gasteiger partial charge on any atom is 0.327 e. The standard InChI is InChI=1S/C14H24N2O3S/c1-4-12-16(11(8-20-12)13(17)18)14(19)15-6-9(2)5-10(3)7-15/h9-12H,4-8H2,1-3H3,(H,17,18). The molecule has 0 aromatic rings. The average molecular weight is 300 g/mol. The third kappa shape index (κ3) is 3.05. The predicted octanol–water partition coefficient (Wildman–Crippen LogP) is 2.32. The fraction of sp³-hybridized carbons (Fsp3) is 0.857. The zero-order chi connectivity index (χ0) is 14.9. The van der Waals surface area contributed by atoms with E-state index in [0.717, 1.165) is 25.9 Å². The van der Waals surface area contributed by atoms with Crippen LogP contribution >= 0.6 is 11.8 Å². The molecule has 2 aliphatic rings. The largest absolute Gasteiger partial charge is 0.480 e. The van der Waals surface area contributed by atoms with Gasteiger partial charge in [-0.2, -0.15) is 0 Å². The van der Waals surface area contributed by atoms with Gasteiger partial charge >= 0.3 is 12.0 Å². The van der Waals surface area contributed by atoms with E-state index in [-0.39, 0.29) is 11.4 Å². The molecule has 2 saturated heterocycles. The normalized spacial score (nSPS) is 34.4. The van der Waals surface area contributed by atoms with Crippen molar-refractivity contribution < 1.29 is 14.7 Å². The Bertz CT molecular complexity index is 381. The molecular formula is C14H24N2O3S. The molecule has 6 heteroatoms. The van der Waals surface area contributed by atoms with Crippen LogP contribution in [0.4, 0.5) is 4.79 Å².